The van der Waals surface area contributed by atoms with Crippen molar-refractivity contribution >= 4 is 29.2 Å². The van der Waals surface area contributed by atoms with Crippen molar-refractivity contribution in [3.8, 4) is 6.07 Å². The molecule has 2 rings (SSSR count). The second-order valence-electron chi connectivity index (χ2n) is 5.63. The van der Waals surface area contributed by atoms with Gasteiger partial charge in [0.05, 0.1) is 11.0 Å². The number of nitrogens with zero attached hydrogens (tertiary/aromatic N) is 2. The van der Waals surface area contributed by atoms with Crippen molar-refractivity contribution in [3.05, 3.63) is 38.9 Å². The summed E-state index contributed by atoms with van der Waals surface area (Å²) in [6.07, 6.45) is 1.70. The number of nitriles is 1. The first-order chi connectivity index (χ1) is 11.3. The van der Waals surface area contributed by atoms with Gasteiger partial charge in [0.1, 0.15) is 11.1 Å². The smallest absolute Gasteiger partial charge is 0.345 e. The van der Waals surface area contributed by atoms with Gasteiger partial charge < -0.3 is 10.1 Å². The maximum Gasteiger partial charge on any atom is 0.345 e. The molecule has 0 heterocycles. The highest BCUT2D eigenvalue weighted by Crippen LogP contribution is 2.39. The fourth-order valence-corrected chi connectivity index (χ4v) is 2.41. The van der Waals surface area contributed by atoms with Crippen molar-refractivity contribution < 1.29 is 19.2 Å². The third-order valence-electron chi connectivity index (χ3n) is 3.74. The van der Waals surface area contributed by atoms with Crippen LogP contribution in [-0.4, -0.2) is 28.9 Å². The zero-order valence-electron chi connectivity index (χ0n) is 12.7. The number of carbonyl (C=O) groups is 2. The summed E-state index contributed by atoms with van der Waals surface area (Å²) in [6, 6.07) is 5.54. The second kappa shape index (κ2) is 6.84. The Bertz CT molecular complexity index is 741. The Morgan fingerprint density at radius 1 is 1.54 bits per heavy atom. The van der Waals surface area contributed by atoms with Gasteiger partial charge in [-0.3, -0.25) is 14.9 Å². The van der Waals surface area contributed by atoms with Crippen molar-refractivity contribution in [3.63, 3.8) is 0 Å². The molecule has 1 saturated carbocycles. The highest BCUT2D eigenvalue weighted by atomic mass is 35.5. The third-order valence-corrected chi connectivity index (χ3v) is 3.97. The summed E-state index contributed by atoms with van der Waals surface area (Å²) in [5.74, 6) is -1.57. The van der Waals surface area contributed by atoms with Gasteiger partial charge in [-0.15, -0.1) is 0 Å². The average molecular weight is 352 g/mol. The Balaban J connectivity index is 2.00. The van der Waals surface area contributed by atoms with Crippen LogP contribution in [0.4, 0.5) is 5.69 Å². The van der Waals surface area contributed by atoms with E-state index in [1.165, 1.54) is 6.07 Å². The highest BCUT2D eigenvalue weighted by Gasteiger charge is 2.43. The van der Waals surface area contributed by atoms with Gasteiger partial charge in [0.2, 0.25) is 0 Å². The molecular formula is C15H14ClN3O5. The molecule has 0 unspecified atom stereocenters. The fourth-order valence-electron chi connectivity index (χ4n) is 2.24. The molecule has 24 heavy (non-hydrogen) atoms. The molecule has 1 atom stereocenters. The number of ether oxygens (including phenoxy) is 1. The van der Waals surface area contributed by atoms with E-state index >= 15 is 0 Å². The number of amides is 1. The van der Waals surface area contributed by atoms with Crippen molar-refractivity contribution in [2.24, 2.45) is 5.92 Å². The molecule has 8 nitrogen and oxygen atoms in total. The van der Waals surface area contributed by atoms with Crippen LogP contribution in [0.25, 0.3) is 0 Å². The predicted octanol–water partition coefficient (Wildman–Crippen LogP) is 2.21. The Hall–Kier alpha value is -2.66. The Kier molecular flexibility index (Phi) is 5.04. The van der Waals surface area contributed by atoms with Gasteiger partial charge in [-0.05, 0) is 37.8 Å². The Morgan fingerprint density at radius 3 is 2.75 bits per heavy atom. The number of benzene rings is 1. The number of rotatable bonds is 6. The summed E-state index contributed by atoms with van der Waals surface area (Å²) in [5, 5.41) is 22.7. The number of hydrogen-bond donors (Lipinski definition) is 1. The normalized spacial score (nSPS) is 15.7. The van der Waals surface area contributed by atoms with E-state index in [0.29, 0.717) is 0 Å². The first-order valence-electron chi connectivity index (χ1n) is 7.10. The minimum Gasteiger partial charge on any atom is -0.452 e. The van der Waals surface area contributed by atoms with Gasteiger partial charge in [0.25, 0.3) is 11.6 Å². The standard InChI is InChI=1S/C15H14ClN3O5/c1-15(8-17,9-2-3-9)18-13(20)7-24-14(21)11-5-4-10(16)6-12(11)19(22)23/h4-6,9H,2-3,7H2,1H3,(H,18,20)/t15-/m1/s1. The maximum absolute atomic E-state index is 12.0. The molecule has 0 spiro atoms. The SMILES string of the molecule is C[C@](C#N)(NC(=O)COC(=O)c1ccc(Cl)cc1[N+](=O)[O-])C1CC1. The molecule has 0 radical (unpaired) electrons. The van der Waals surface area contributed by atoms with Gasteiger partial charge in [0.15, 0.2) is 6.61 Å². The first kappa shape index (κ1) is 17.7. The molecule has 1 aromatic rings. The molecule has 0 aromatic heterocycles. The Labute approximate surface area is 142 Å². The quantitative estimate of drug-likeness (QED) is 0.476. The van der Waals surface area contributed by atoms with Crippen LogP contribution in [0, 0.1) is 27.4 Å². The maximum atomic E-state index is 12.0. The van der Waals surface area contributed by atoms with Crippen LogP contribution in [0.5, 0.6) is 0 Å². The van der Waals surface area contributed by atoms with E-state index in [1.54, 1.807) is 6.92 Å². The van der Waals surface area contributed by atoms with E-state index in [0.717, 1.165) is 25.0 Å². The van der Waals surface area contributed by atoms with Crippen LogP contribution in [0.1, 0.15) is 30.1 Å². The fraction of sp³-hybridized carbons (Fsp3) is 0.400. The lowest BCUT2D eigenvalue weighted by Crippen LogP contribution is -2.48. The van der Waals surface area contributed by atoms with Gasteiger partial charge >= 0.3 is 5.97 Å². The number of nitrogens with one attached hydrogen (secondary N) is 1. The lowest BCUT2D eigenvalue weighted by molar-refractivity contribution is -0.385. The van der Waals surface area contributed by atoms with E-state index in [9.17, 15) is 19.7 Å². The summed E-state index contributed by atoms with van der Waals surface area (Å²) in [5.41, 5.74) is -1.81. The molecule has 0 aliphatic heterocycles. The lowest BCUT2D eigenvalue weighted by atomic mass is 9.98. The summed E-state index contributed by atoms with van der Waals surface area (Å²) in [6.45, 7) is 0.969. The second-order valence-corrected chi connectivity index (χ2v) is 6.07. The van der Waals surface area contributed by atoms with Crippen molar-refractivity contribution in [1.29, 1.82) is 5.26 Å². The molecule has 1 aromatic carbocycles. The number of esters is 1. The average Bonchev–Trinajstić information content (AvgIpc) is 3.37. The summed E-state index contributed by atoms with van der Waals surface area (Å²) in [4.78, 5) is 34.0. The predicted molar refractivity (Wildman–Crippen MR) is 83.3 cm³/mol. The van der Waals surface area contributed by atoms with Gasteiger partial charge in [-0.1, -0.05) is 11.6 Å². The van der Waals surface area contributed by atoms with Crippen LogP contribution in [0.15, 0.2) is 18.2 Å². The number of nitro groups is 1. The van der Waals surface area contributed by atoms with Gasteiger partial charge in [0, 0.05) is 11.1 Å². The molecule has 1 N–H and O–H groups in total. The lowest BCUT2D eigenvalue weighted by Gasteiger charge is -2.22. The molecule has 1 fully saturated rings. The largest absolute Gasteiger partial charge is 0.452 e. The van der Waals surface area contributed by atoms with E-state index in [1.807, 2.05) is 6.07 Å². The number of nitro benzene ring substituents is 1. The minimum atomic E-state index is -1.02. The van der Waals surface area contributed by atoms with Crippen LogP contribution >= 0.6 is 11.6 Å². The first-order valence-corrected chi connectivity index (χ1v) is 7.48. The topological polar surface area (TPSA) is 122 Å². The summed E-state index contributed by atoms with van der Waals surface area (Å²) in [7, 11) is 0. The van der Waals surface area contributed by atoms with Crippen LogP contribution in [0.3, 0.4) is 0 Å². The van der Waals surface area contributed by atoms with Crippen molar-refractivity contribution in [2.75, 3.05) is 6.61 Å². The molecule has 9 heteroatoms. The molecule has 1 aliphatic carbocycles. The summed E-state index contributed by atoms with van der Waals surface area (Å²) >= 11 is 5.67. The van der Waals surface area contributed by atoms with Crippen molar-refractivity contribution in [1.82, 2.24) is 5.32 Å². The van der Waals surface area contributed by atoms with Crippen molar-refractivity contribution in [2.45, 2.75) is 25.3 Å². The van der Waals surface area contributed by atoms with Crippen LogP contribution < -0.4 is 5.32 Å². The zero-order chi connectivity index (χ0) is 17.9. The van der Waals surface area contributed by atoms with Gasteiger partial charge in [-0.25, -0.2) is 4.79 Å². The molecular weight excluding hydrogens is 338 g/mol. The molecule has 1 aliphatic rings. The van der Waals surface area contributed by atoms with E-state index < -0.39 is 34.6 Å². The van der Waals surface area contributed by atoms with E-state index in [-0.39, 0.29) is 16.5 Å². The molecule has 126 valence electrons. The number of carbonyl (C=O) groups excluding carboxylic acids is 2. The molecule has 0 bridgehead atoms. The third kappa shape index (κ3) is 4.00. The van der Waals surface area contributed by atoms with Gasteiger partial charge in [-0.2, -0.15) is 5.26 Å². The highest BCUT2D eigenvalue weighted by molar-refractivity contribution is 6.31. The molecule has 1 amide bonds. The molecule has 0 saturated heterocycles. The van der Waals surface area contributed by atoms with E-state index in [2.05, 4.69) is 5.32 Å². The Morgan fingerprint density at radius 2 is 2.21 bits per heavy atom. The number of hydrogen-bond acceptors (Lipinski definition) is 6. The van der Waals surface area contributed by atoms with E-state index in [4.69, 9.17) is 21.6 Å². The zero-order valence-corrected chi connectivity index (χ0v) is 13.5. The van der Waals surface area contributed by atoms with Crippen LogP contribution in [0.2, 0.25) is 5.02 Å². The summed E-state index contributed by atoms with van der Waals surface area (Å²) < 4.78 is 4.80. The minimum absolute atomic E-state index is 0.0829. The van der Waals surface area contributed by atoms with Crippen LogP contribution in [-0.2, 0) is 9.53 Å². The monoisotopic (exact) mass is 351 g/mol. The number of halogens is 1.